The van der Waals surface area contributed by atoms with Crippen molar-refractivity contribution in [3.05, 3.63) is 0 Å². The van der Waals surface area contributed by atoms with E-state index in [1.807, 2.05) is 0 Å². The topological polar surface area (TPSA) is 215 Å². The number of carbonyl (C=O) groups is 3. The molecule has 0 aromatic carbocycles. The average Bonchev–Trinajstić information content (AvgIpc) is 2.91. The van der Waals surface area contributed by atoms with E-state index in [-0.39, 0.29) is 19.8 Å². The SMILES string of the molecule is CC(=O)OC[C@H]1O[C@H](OCCOCCOCCCl)[C@H](OC(C)=O)[C@@H](O[C@@H]2O[C@H](CO)[C@H](O)[C@H](O)[C@H]2O)[C@H]1OC(C)=O. The van der Waals surface area contributed by atoms with Gasteiger partial charge in [-0.3, -0.25) is 14.4 Å². The van der Waals surface area contributed by atoms with Gasteiger partial charge in [-0.05, 0) is 0 Å². The summed E-state index contributed by atoms with van der Waals surface area (Å²) in [6.07, 6.45) is -15.3. The Bertz CT molecular complexity index is 815. The molecule has 0 bridgehead atoms. The Balaban J connectivity index is 2.31. The lowest BCUT2D eigenvalue weighted by molar-refractivity contribution is -0.361. The fraction of sp³-hybridized carbons (Fsp3) is 0.875. The molecule has 238 valence electrons. The lowest BCUT2D eigenvalue weighted by Crippen LogP contribution is -2.66. The first-order chi connectivity index (χ1) is 19.5. The third kappa shape index (κ3) is 11.1. The number of hydrogen-bond donors (Lipinski definition) is 4. The molecule has 16 nitrogen and oxygen atoms in total. The fourth-order valence-electron chi connectivity index (χ4n) is 4.09. The van der Waals surface area contributed by atoms with Crippen LogP contribution in [0.1, 0.15) is 20.8 Å². The molecule has 2 fully saturated rings. The molecule has 2 saturated heterocycles. The third-order valence-corrected chi connectivity index (χ3v) is 6.04. The summed E-state index contributed by atoms with van der Waals surface area (Å²) in [5, 5.41) is 40.5. The molecule has 41 heavy (non-hydrogen) atoms. The van der Waals surface area contributed by atoms with Gasteiger partial charge in [-0.15, -0.1) is 11.6 Å². The molecule has 0 amide bonds. The highest BCUT2D eigenvalue weighted by atomic mass is 35.5. The van der Waals surface area contributed by atoms with Crippen molar-refractivity contribution in [1.82, 2.24) is 0 Å². The van der Waals surface area contributed by atoms with E-state index < -0.39 is 92.5 Å². The molecule has 0 radical (unpaired) electrons. The van der Waals surface area contributed by atoms with Gasteiger partial charge in [0.2, 0.25) is 0 Å². The quantitative estimate of drug-likeness (QED) is 0.0614. The maximum absolute atomic E-state index is 12.1. The Morgan fingerprint density at radius 3 is 1.88 bits per heavy atom. The Labute approximate surface area is 241 Å². The van der Waals surface area contributed by atoms with Crippen LogP contribution in [0.4, 0.5) is 0 Å². The van der Waals surface area contributed by atoms with Crippen molar-refractivity contribution in [2.75, 3.05) is 52.1 Å². The zero-order valence-electron chi connectivity index (χ0n) is 23.0. The number of alkyl halides is 1. The molecule has 2 aliphatic heterocycles. The van der Waals surface area contributed by atoms with Crippen molar-refractivity contribution in [2.45, 2.75) is 82.2 Å². The van der Waals surface area contributed by atoms with Crippen LogP contribution in [0.5, 0.6) is 0 Å². The molecule has 10 atom stereocenters. The van der Waals surface area contributed by atoms with Crippen LogP contribution in [0.15, 0.2) is 0 Å². The van der Waals surface area contributed by atoms with Gasteiger partial charge < -0.3 is 63.1 Å². The van der Waals surface area contributed by atoms with Crippen LogP contribution >= 0.6 is 11.6 Å². The Hall–Kier alpha value is -1.70. The van der Waals surface area contributed by atoms with Crippen molar-refractivity contribution in [3.63, 3.8) is 0 Å². The minimum absolute atomic E-state index is 0.0666. The molecule has 2 aliphatic rings. The molecular weight excluding hydrogens is 580 g/mol. The number of aliphatic hydroxyl groups excluding tert-OH is 4. The molecule has 0 spiro atoms. The molecule has 0 aromatic heterocycles. The Morgan fingerprint density at radius 1 is 0.707 bits per heavy atom. The predicted octanol–water partition coefficient (Wildman–Crippen LogP) is -2.39. The summed E-state index contributed by atoms with van der Waals surface area (Å²) >= 11 is 5.54. The number of aliphatic hydroxyl groups is 4. The molecule has 2 rings (SSSR count). The third-order valence-electron chi connectivity index (χ3n) is 5.89. The molecule has 0 aromatic rings. The van der Waals surface area contributed by atoms with Crippen molar-refractivity contribution >= 4 is 29.5 Å². The average molecular weight is 619 g/mol. The maximum atomic E-state index is 12.1. The van der Waals surface area contributed by atoms with E-state index in [2.05, 4.69) is 0 Å². The van der Waals surface area contributed by atoms with Crippen molar-refractivity contribution in [2.24, 2.45) is 0 Å². The number of halogens is 1. The number of esters is 3. The lowest BCUT2D eigenvalue weighted by atomic mass is 9.96. The minimum Gasteiger partial charge on any atom is -0.463 e. The molecule has 0 saturated carbocycles. The molecule has 0 unspecified atom stereocenters. The molecule has 2 heterocycles. The van der Waals surface area contributed by atoms with Crippen LogP contribution in [0.25, 0.3) is 0 Å². The molecule has 0 aliphatic carbocycles. The van der Waals surface area contributed by atoms with Gasteiger partial charge in [-0.2, -0.15) is 0 Å². The summed E-state index contributed by atoms with van der Waals surface area (Å²) in [6.45, 7) is 3.04. The largest absolute Gasteiger partial charge is 0.463 e. The van der Waals surface area contributed by atoms with Crippen LogP contribution in [0.2, 0.25) is 0 Å². The summed E-state index contributed by atoms with van der Waals surface area (Å²) < 4.78 is 49.5. The standard InChI is InChI=1S/C24H39ClO16/c1-12(27)36-11-16-20(37-13(2)28)21(41-23-19(32)18(31)17(30)15(10-26)39-23)22(38-14(3)29)24(40-16)35-9-8-34-7-6-33-5-4-25/h15-24,26,30-32H,4-11H2,1-3H3/t15-,16-,17+,18+,19-,20+,21+,22-,23+,24+/m1/s1. The maximum Gasteiger partial charge on any atom is 0.303 e. The van der Waals surface area contributed by atoms with Crippen LogP contribution in [0, 0.1) is 0 Å². The normalized spacial score (nSPS) is 33.7. The van der Waals surface area contributed by atoms with Gasteiger partial charge in [0.15, 0.2) is 24.8 Å². The summed E-state index contributed by atoms with van der Waals surface area (Å²) in [6, 6.07) is 0. The zero-order valence-corrected chi connectivity index (χ0v) is 23.8. The van der Waals surface area contributed by atoms with E-state index in [4.69, 9.17) is 54.2 Å². The van der Waals surface area contributed by atoms with Gasteiger partial charge in [0, 0.05) is 26.7 Å². The zero-order chi connectivity index (χ0) is 30.5. The van der Waals surface area contributed by atoms with E-state index in [9.17, 15) is 34.8 Å². The molecule has 17 heteroatoms. The first-order valence-electron chi connectivity index (χ1n) is 12.9. The lowest BCUT2D eigenvalue weighted by Gasteiger charge is -2.47. The Kier molecular flexibility index (Phi) is 15.6. The van der Waals surface area contributed by atoms with Gasteiger partial charge in [-0.1, -0.05) is 0 Å². The molecular formula is C24H39ClO16. The second-order valence-corrected chi connectivity index (χ2v) is 9.45. The highest BCUT2D eigenvalue weighted by molar-refractivity contribution is 6.17. The first kappa shape index (κ1) is 35.5. The van der Waals surface area contributed by atoms with E-state index in [0.717, 1.165) is 20.8 Å². The Morgan fingerprint density at radius 2 is 1.29 bits per heavy atom. The summed E-state index contributed by atoms with van der Waals surface area (Å²) in [4.78, 5) is 35.7. The van der Waals surface area contributed by atoms with E-state index >= 15 is 0 Å². The van der Waals surface area contributed by atoms with Crippen LogP contribution in [0.3, 0.4) is 0 Å². The van der Waals surface area contributed by atoms with E-state index in [0.29, 0.717) is 19.1 Å². The number of rotatable bonds is 16. The van der Waals surface area contributed by atoms with Gasteiger partial charge in [0.1, 0.15) is 43.2 Å². The van der Waals surface area contributed by atoms with Crippen molar-refractivity contribution in [1.29, 1.82) is 0 Å². The van der Waals surface area contributed by atoms with Crippen LogP contribution in [-0.2, 0) is 57.0 Å². The summed E-state index contributed by atoms with van der Waals surface area (Å²) in [5.74, 6) is -1.94. The number of carbonyl (C=O) groups excluding carboxylic acids is 3. The fourth-order valence-corrected chi connectivity index (χ4v) is 4.20. The summed E-state index contributed by atoms with van der Waals surface area (Å²) in [7, 11) is 0. The predicted molar refractivity (Wildman–Crippen MR) is 133 cm³/mol. The second kappa shape index (κ2) is 18.1. The van der Waals surface area contributed by atoms with Crippen LogP contribution in [-0.4, -0.2) is 152 Å². The molecule has 4 N–H and O–H groups in total. The second-order valence-electron chi connectivity index (χ2n) is 9.08. The monoisotopic (exact) mass is 618 g/mol. The minimum atomic E-state index is -1.84. The van der Waals surface area contributed by atoms with Crippen LogP contribution < -0.4 is 0 Å². The van der Waals surface area contributed by atoms with Gasteiger partial charge in [0.05, 0.1) is 39.6 Å². The van der Waals surface area contributed by atoms with Gasteiger partial charge in [-0.25, -0.2) is 0 Å². The van der Waals surface area contributed by atoms with E-state index in [1.54, 1.807) is 0 Å². The summed E-state index contributed by atoms with van der Waals surface area (Å²) in [5.41, 5.74) is 0. The highest BCUT2D eigenvalue weighted by Gasteiger charge is 2.54. The van der Waals surface area contributed by atoms with Gasteiger partial charge >= 0.3 is 17.9 Å². The first-order valence-corrected chi connectivity index (χ1v) is 13.5. The van der Waals surface area contributed by atoms with Crippen molar-refractivity contribution in [3.8, 4) is 0 Å². The number of hydrogen-bond acceptors (Lipinski definition) is 16. The van der Waals surface area contributed by atoms with E-state index in [1.165, 1.54) is 0 Å². The van der Waals surface area contributed by atoms with Crippen molar-refractivity contribution < 1.29 is 77.4 Å². The number of ether oxygens (including phenoxy) is 9. The van der Waals surface area contributed by atoms with Gasteiger partial charge in [0.25, 0.3) is 0 Å². The highest BCUT2D eigenvalue weighted by Crippen LogP contribution is 2.33. The smallest absolute Gasteiger partial charge is 0.303 e.